The lowest BCUT2D eigenvalue weighted by Crippen LogP contribution is -2.34. The quantitative estimate of drug-likeness (QED) is 0.432. The van der Waals surface area contributed by atoms with E-state index in [2.05, 4.69) is 9.97 Å². The highest BCUT2D eigenvalue weighted by Gasteiger charge is 2.25. The minimum Gasteiger partial charge on any atom is -0.454 e. The van der Waals surface area contributed by atoms with E-state index < -0.39 is 22.6 Å². The monoisotopic (exact) mass is 453 g/mol. The van der Waals surface area contributed by atoms with E-state index in [-0.39, 0.29) is 11.3 Å². The van der Waals surface area contributed by atoms with Crippen molar-refractivity contribution in [3.63, 3.8) is 0 Å². The van der Waals surface area contributed by atoms with Gasteiger partial charge in [-0.05, 0) is 68.7 Å². The summed E-state index contributed by atoms with van der Waals surface area (Å²) in [4.78, 5) is 34.0. The van der Waals surface area contributed by atoms with Gasteiger partial charge in [0.2, 0.25) is 10.0 Å². The van der Waals surface area contributed by atoms with E-state index in [0.717, 1.165) is 17.0 Å². The Balaban J connectivity index is 1.47. The van der Waals surface area contributed by atoms with Gasteiger partial charge in [0.05, 0.1) is 39.9 Å². The Labute approximate surface area is 186 Å². The van der Waals surface area contributed by atoms with Gasteiger partial charge in [-0.3, -0.25) is 9.10 Å². The smallest absolute Gasteiger partial charge is 0.338 e. The van der Waals surface area contributed by atoms with Crippen molar-refractivity contribution in [3.8, 4) is 0 Å². The second-order valence-electron chi connectivity index (χ2n) is 7.88. The first-order valence-corrected chi connectivity index (χ1v) is 12.0. The number of sulfonamides is 1. The van der Waals surface area contributed by atoms with Crippen LogP contribution >= 0.6 is 0 Å². The van der Waals surface area contributed by atoms with Crippen LogP contribution in [-0.4, -0.2) is 49.5 Å². The summed E-state index contributed by atoms with van der Waals surface area (Å²) in [6.07, 6.45) is 2.53. The van der Waals surface area contributed by atoms with Crippen LogP contribution in [0.5, 0.6) is 0 Å². The van der Waals surface area contributed by atoms with Crippen LogP contribution in [0.4, 0.5) is 5.69 Å². The van der Waals surface area contributed by atoms with Crippen molar-refractivity contribution < 1.29 is 22.7 Å². The van der Waals surface area contributed by atoms with Crippen LogP contribution in [0.1, 0.15) is 44.1 Å². The standard InChI is InChI=1S/C23H23N3O5S/c1-14-15(2)25-20-12-18(6-8-19(20)24-14)23(28)31-13-22(27)17-7-9-21-16(11-17)5-4-10-26(21)32(3,29)30/h6-9,11-12H,4-5,10,13H2,1-3H3. The number of aromatic nitrogens is 2. The Morgan fingerprint density at radius 3 is 2.41 bits per heavy atom. The summed E-state index contributed by atoms with van der Waals surface area (Å²) in [7, 11) is -3.38. The van der Waals surface area contributed by atoms with Crippen molar-refractivity contribution in [3.05, 3.63) is 64.5 Å². The molecule has 0 amide bonds. The number of hydrogen-bond acceptors (Lipinski definition) is 7. The molecule has 0 spiro atoms. The molecule has 0 atom stereocenters. The second kappa shape index (κ2) is 8.31. The maximum atomic E-state index is 12.6. The van der Waals surface area contributed by atoms with Gasteiger partial charge < -0.3 is 4.74 Å². The molecule has 0 radical (unpaired) electrons. The number of carbonyl (C=O) groups is 2. The number of anilines is 1. The lowest BCUT2D eigenvalue weighted by Gasteiger charge is -2.29. The van der Waals surface area contributed by atoms with Gasteiger partial charge in [-0.15, -0.1) is 0 Å². The fraction of sp³-hybridized carbons (Fsp3) is 0.304. The van der Waals surface area contributed by atoms with E-state index in [9.17, 15) is 18.0 Å². The van der Waals surface area contributed by atoms with E-state index in [1.165, 1.54) is 10.6 Å². The Hall–Kier alpha value is -3.33. The molecule has 9 heteroatoms. The number of ketones is 1. The molecule has 4 rings (SSSR count). The van der Waals surface area contributed by atoms with Crippen LogP contribution in [0.2, 0.25) is 0 Å². The lowest BCUT2D eigenvalue weighted by atomic mass is 9.99. The molecule has 0 saturated carbocycles. The number of fused-ring (bicyclic) bond motifs is 2. The van der Waals surface area contributed by atoms with Crippen LogP contribution in [-0.2, 0) is 21.2 Å². The summed E-state index contributed by atoms with van der Waals surface area (Å²) in [5, 5.41) is 0. The van der Waals surface area contributed by atoms with Crippen LogP contribution in [0.15, 0.2) is 36.4 Å². The van der Waals surface area contributed by atoms with Gasteiger partial charge in [0.25, 0.3) is 0 Å². The molecule has 0 bridgehead atoms. The lowest BCUT2D eigenvalue weighted by molar-refractivity contribution is 0.0475. The van der Waals surface area contributed by atoms with Gasteiger partial charge in [0.15, 0.2) is 12.4 Å². The van der Waals surface area contributed by atoms with Crippen molar-refractivity contribution in [2.24, 2.45) is 0 Å². The SMILES string of the molecule is Cc1nc2ccc(C(=O)OCC(=O)c3ccc4c(c3)CCCN4S(C)(=O)=O)cc2nc1C. The Morgan fingerprint density at radius 1 is 1.00 bits per heavy atom. The Bertz CT molecular complexity index is 1350. The average molecular weight is 454 g/mol. The first kappa shape index (κ1) is 21.9. The number of nitrogens with zero attached hydrogens (tertiary/aromatic N) is 3. The zero-order valence-corrected chi connectivity index (χ0v) is 18.9. The minimum atomic E-state index is -3.38. The maximum Gasteiger partial charge on any atom is 0.338 e. The summed E-state index contributed by atoms with van der Waals surface area (Å²) in [5.41, 5.74) is 4.91. The molecule has 2 heterocycles. The first-order chi connectivity index (χ1) is 15.1. The van der Waals surface area contributed by atoms with E-state index >= 15 is 0 Å². The number of rotatable bonds is 5. The fourth-order valence-electron chi connectivity index (χ4n) is 3.74. The third kappa shape index (κ3) is 4.34. The summed E-state index contributed by atoms with van der Waals surface area (Å²) in [5.74, 6) is -0.980. The summed E-state index contributed by atoms with van der Waals surface area (Å²) >= 11 is 0. The largest absolute Gasteiger partial charge is 0.454 e. The van der Waals surface area contributed by atoms with Crippen molar-refractivity contribution in [1.82, 2.24) is 9.97 Å². The molecule has 1 aliphatic heterocycles. The summed E-state index contributed by atoms with van der Waals surface area (Å²) in [6.45, 7) is 3.73. The van der Waals surface area contributed by atoms with Crippen LogP contribution in [0, 0.1) is 13.8 Å². The molecule has 0 unspecified atom stereocenters. The number of ether oxygens (including phenoxy) is 1. The predicted molar refractivity (Wildman–Crippen MR) is 121 cm³/mol. The first-order valence-electron chi connectivity index (χ1n) is 10.2. The average Bonchev–Trinajstić information content (AvgIpc) is 2.76. The molecular formula is C23H23N3O5S. The van der Waals surface area contributed by atoms with E-state index in [4.69, 9.17) is 4.74 Å². The second-order valence-corrected chi connectivity index (χ2v) is 9.79. The fourth-order valence-corrected chi connectivity index (χ4v) is 4.73. The summed E-state index contributed by atoms with van der Waals surface area (Å²) in [6, 6.07) is 9.77. The number of carbonyl (C=O) groups excluding carboxylic acids is 2. The molecule has 0 fully saturated rings. The van der Waals surface area contributed by atoms with Gasteiger partial charge in [0, 0.05) is 12.1 Å². The zero-order chi connectivity index (χ0) is 23.0. The molecule has 3 aromatic rings. The number of aryl methyl sites for hydroxylation is 3. The number of benzene rings is 2. The van der Waals surface area contributed by atoms with Crippen molar-refractivity contribution >= 4 is 38.5 Å². The molecule has 1 aliphatic rings. The van der Waals surface area contributed by atoms with E-state index in [1.54, 1.807) is 36.4 Å². The zero-order valence-electron chi connectivity index (χ0n) is 18.1. The molecule has 0 saturated heterocycles. The van der Waals surface area contributed by atoms with Gasteiger partial charge in [-0.1, -0.05) is 0 Å². The summed E-state index contributed by atoms with van der Waals surface area (Å²) < 4.78 is 30.6. The van der Waals surface area contributed by atoms with Crippen LogP contribution in [0.25, 0.3) is 11.0 Å². The molecule has 32 heavy (non-hydrogen) atoms. The Kier molecular flexibility index (Phi) is 5.68. The molecule has 0 aliphatic carbocycles. The molecule has 166 valence electrons. The van der Waals surface area contributed by atoms with Gasteiger partial charge in [-0.2, -0.15) is 0 Å². The third-order valence-electron chi connectivity index (χ3n) is 5.52. The highest BCUT2D eigenvalue weighted by molar-refractivity contribution is 7.92. The molecule has 0 N–H and O–H groups in total. The maximum absolute atomic E-state index is 12.6. The van der Waals surface area contributed by atoms with Crippen molar-refractivity contribution in [2.45, 2.75) is 26.7 Å². The van der Waals surface area contributed by atoms with Crippen LogP contribution < -0.4 is 4.31 Å². The third-order valence-corrected chi connectivity index (χ3v) is 6.70. The predicted octanol–water partition coefficient (Wildman–Crippen LogP) is 3.00. The number of Topliss-reactive ketones (excluding diaryl/α,β-unsaturated/α-hetero) is 1. The highest BCUT2D eigenvalue weighted by Crippen LogP contribution is 2.30. The van der Waals surface area contributed by atoms with Crippen LogP contribution in [0.3, 0.4) is 0 Å². The Morgan fingerprint density at radius 2 is 1.69 bits per heavy atom. The molecular weight excluding hydrogens is 430 g/mol. The topological polar surface area (TPSA) is 107 Å². The molecule has 2 aromatic carbocycles. The number of hydrogen-bond donors (Lipinski definition) is 0. The van der Waals surface area contributed by atoms with E-state index in [1.807, 2.05) is 13.8 Å². The van der Waals surface area contributed by atoms with Gasteiger partial charge in [-0.25, -0.2) is 23.2 Å². The highest BCUT2D eigenvalue weighted by atomic mass is 32.2. The van der Waals surface area contributed by atoms with Gasteiger partial charge >= 0.3 is 5.97 Å². The normalized spacial score (nSPS) is 13.7. The molecule has 8 nitrogen and oxygen atoms in total. The van der Waals surface area contributed by atoms with Gasteiger partial charge in [0.1, 0.15) is 0 Å². The van der Waals surface area contributed by atoms with Crippen molar-refractivity contribution in [2.75, 3.05) is 23.7 Å². The number of esters is 1. The van der Waals surface area contributed by atoms with E-state index in [0.29, 0.717) is 41.7 Å². The molecule has 1 aromatic heterocycles. The minimum absolute atomic E-state index is 0.289. The van der Waals surface area contributed by atoms with Crippen molar-refractivity contribution in [1.29, 1.82) is 0 Å².